The van der Waals surface area contributed by atoms with Gasteiger partial charge in [-0.3, -0.25) is 57.5 Å². The summed E-state index contributed by atoms with van der Waals surface area (Å²) in [6, 6.07) is -11.0. The Morgan fingerprint density at radius 1 is 0.648 bits per heavy atom. The summed E-state index contributed by atoms with van der Waals surface area (Å²) in [4.78, 5) is 192. The summed E-state index contributed by atoms with van der Waals surface area (Å²) in [5, 5.41) is 8.63. The second kappa shape index (κ2) is 39.2. The number of carbonyl (C=O) groups excluding carboxylic acids is 12. The van der Waals surface area contributed by atoms with Gasteiger partial charge in [-0.15, -0.1) is 0 Å². The second-order valence-electron chi connectivity index (χ2n) is 31.9. The standard InChI is InChI=1S/C76H122F6N12O14/c1-17-46(7)63-71(104)88(11)44-62(97)89(12)54-25-22-21-23-36-93(70(54)103)58(38-47-26-30-50(31-27-47)75(77,78)79)69(102)87(10)43-60(95)83-53(33-29-48-28-32-52(76(80,81)82)59(39-48)107-16)67(100)94-42-51(108-20-4)40-56(94)66(99)85-74(34-24-35-74)73(106)92(15)64(49(18-2)19-3)72(105)91(14)57(68(101)86(8)9)41-61(96)90(13)55(37-45(5)6)65(98)84-63/h21-22,45-59,63-64H,17-20,23-44H2,1-16H3,(H,83,95)(H,84,98)(H,85,99)/b22-21-/t46-,47?,48?,50?,51+,52?,53-,54-,55-,56-,57-,58-,59?,63-,64-/m0/s1. The first kappa shape index (κ1) is 89.8. The van der Waals surface area contributed by atoms with Gasteiger partial charge in [0.25, 0.3) is 0 Å². The fraction of sp³-hybridized carbons (Fsp3) is 0.816. The van der Waals surface area contributed by atoms with Gasteiger partial charge in [-0.25, -0.2) is 0 Å². The molecule has 3 saturated carbocycles. The van der Waals surface area contributed by atoms with Gasteiger partial charge in [0.2, 0.25) is 70.9 Å². The number of fused-ring (bicyclic) bond motifs is 3. The second-order valence-corrected chi connectivity index (χ2v) is 31.9. The molecule has 108 heavy (non-hydrogen) atoms. The summed E-state index contributed by atoms with van der Waals surface area (Å²) in [7, 11) is 12.2. The lowest BCUT2D eigenvalue weighted by molar-refractivity contribution is -0.215. The van der Waals surface area contributed by atoms with E-state index in [9.17, 15) is 55.1 Å². The maximum atomic E-state index is 15.6. The van der Waals surface area contributed by atoms with Crippen LogP contribution in [0.25, 0.3) is 0 Å². The fourth-order valence-corrected chi connectivity index (χ4v) is 16.7. The van der Waals surface area contributed by atoms with E-state index in [4.69, 9.17) is 9.47 Å². The van der Waals surface area contributed by atoms with Crippen molar-refractivity contribution in [2.45, 2.75) is 262 Å². The molecule has 3 heterocycles. The summed E-state index contributed by atoms with van der Waals surface area (Å²) in [5.41, 5.74) is -1.65. The number of rotatable bonds is 16. The lowest BCUT2D eigenvalue weighted by Crippen LogP contribution is -2.68. The zero-order valence-corrected chi connectivity index (χ0v) is 66.4. The minimum Gasteiger partial charge on any atom is -0.381 e. The van der Waals surface area contributed by atoms with Gasteiger partial charge in [-0.1, -0.05) is 73.0 Å². The van der Waals surface area contributed by atoms with Crippen LogP contribution in [-0.4, -0.2) is 290 Å². The zero-order valence-electron chi connectivity index (χ0n) is 66.4. The Hall–Kier alpha value is -7.12. The third kappa shape index (κ3) is 22.1. The molecule has 0 aromatic rings. The van der Waals surface area contributed by atoms with Crippen molar-refractivity contribution < 1.29 is 93.4 Å². The predicted octanol–water partition coefficient (Wildman–Crippen LogP) is 6.33. The highest BCUT2D eigenvalue weighted by molar-refractivity contribution is 6.01. The van der Waals surface area contributed by atoms with E-state index < -0.39 is 204 Å². The highest BCUT2D eigenvalue weighted by Crippen LogP contribution is 2.44. The number of ether oxygens (including phenoxy) is 2. The van der Waals surface area contributed by atoms with E-state index in [1.165, 1.54) is 88.0 Å². The average Bonchev–Trinajstić information content (AvgIpc) is 1.26. The molecule has 0 aromatic heterocycles. The van der Waals surface area contributed by atoms with Gasteiger partial charge in [0.05, 0.1) is 43.6 Å². The van der Waals surface area contributed by atoms with Crippen molar-refractivity contribution >= 4 is 70.9 Å². The molecule has 0 aromatic carbocycles. The van der Waals surface area contributed by atoms with Gasteiger partial charge < -0.3 is 69.5 Å². The first-order valence-electron chi connectivity index (χ1n) is 38.8. The lowest BCUT2D eigenvalue weighted by atomic mass is 9.74. The lowest BCUT2D eigenvalue weighted by Gasteiger charge is -2.47. The van der Waals surface area contributed by atoms with Gasteiger partial charge in [0.15, 0.2) is 0 Å². The summed E-state index contributed by atoms with van der Waals surface area (Å²) in [6.07, 6.45) is -7.42. The molecule has 13 atom stereocenters. The third-order valence-corrected chi connectivity index (χ3v) is 23.9. The molecule has 6 rings (SSSR count). The third-order valence-electron chi connectivity index (χ3n) is 23.9. The van der Waals surface area contributed by atoms with E-state index in [0.29, 0.717) is 25.7 Å². The SMILES string of the molecule is CCO[C@@H]1C[C@H]2C(=O)NC3(CCC3)C(=O)N(C)[C@@H](C(CC)CC)C(=O)N(C)[C@H](C(=O)N(C)C)CC(=O)N(C)[C@@H](CC(C)C)C(=O)N[C@@H]([C@@H](C)CC)C(=O)N(C)CC(=O)N(C)[C@H]3C/C=C\CCN(C3=O)[C@@H](CC3CCC(C(F)(F)F)CC3)C(=O)N(C)CC(=O)N[C@@H](CCC3CCC(C(F)(F)F)C(OC)C3)C(=O)N2C1. The average molecular weight is 1540 g/mol. The minimum atomic E-state index is -4.57. The Balaban J connectivity index is 1.49. The number of nitrogens with one attached hydrogen (secondary N) is 3. The topological polar surface area (TPSA) is 289 Å². The molecule has 3 aliphatic heterocycles. The summed E-state index contributed by atoms with van der Waals surface area (Å²) in [6.45, 7) is 10.9. The van der Waals surface area contributed by atoms with Gasteiger partial charge in [0, 0.05) is 89.6 Å². The summed E-state index contributed by atoms with van der Waals surface area (Å²) >= 11 is 0. The molecule has 3 unspecified atom stereocenters. The molecule has 3 aliphatic carbocycles. The van der Waals surface area contributed by atoms with E-state index in [1.807, 2.05) is 27.7 Å². The molecular weight excluding hydrogens is 1420 g/mol. The molecule has 12 amide bonds. The molecule has 1 spiro atoms. The molecule has 5 fully saturated rings. The van der Waals surface area contributed by atoms with Crippen molar-refractivity contribution in [2.75, 3.05) is 96.3 Å². The number of likely N-dealkylation sites (N-methyl/N-ethyl adjacent to an activating group) is 7. The number of carbonyl (C=O) groups is 12. The molecular formula is C76H122F6N12O14. The normalized spacial score (nSPS) is 30.4. The van der Waals surface area contributed by atoms with E-state index in [2.05, 4.69) is 16.0 Å². The fourth-order valence-electron chi connectivity index (χ4n) is 16.7. The summed E-state index contributed by atoms with van der Waals surface area (Å²) < 4.78 is 96.8. The van der Waals surface area contributed by atoms with Crippen LogP contribution in [-0.2, 0) is 67.0 Å². The number of alkyl halides is 6. The number of methoxy groups -OCH3 is 1. The Morgan fingerprint density at radius 2 is 1.28 bits per heavy atom. The molecule has 612 valence electrons. The molecule has 2 bridgehead atoms. The quantitative estimate of drug-likeness (QED) is 0.113. The van der Waals surface area contributed by atoms with Crippen molar-refractivity contribution in [3.63, 3.8) is 0 Å². The van der Waals surface area contributed by atoms with Gasteiger partial charge in [-0.2, -0.15) is 26.3 Å². The highest BCUT2D eigenvalue weighted by Gasteiger charge is 2.54. The van der Waals surface area contributed by atoms with Crippen LogP contribution in [0.5, 0.6) is 0 Å². The molecule has 6 aliphatic rings. The maximum Gasteiger partial charge on any atom is 0.394 e. The van der Waals surface area contributed by atoms with Crippen molar-refractivity contribution in [1.82, 2.24) is 60.0 Å². The minimum absolute atomic E-state index is 0.0334. The number of hydrogen-bond donors (Lipinski definition) is 3. The predicted molar refractivity (Wildman–Crippen MR) is 389 cm³/mol. The van der Waals surface area contributed by atoms with Gasteiger partial charge in [0.1, 0.15) is 53.9 Å². The van der Waals surface area contributed by atoms with E-state index in [-0.39, 0.29) is 128 Å². The van der Waals surface area contributed by atoms with E-state index in [1.54, 1.807) is 32.9 Å². The number of nitrogens with zero attached hydrogens (tertiary/aromatic N) is 9. The monoisotopic (exact) mass is 1540 g/mol. The van der Waals surface area contributed by atoms with Crippen LogP contribution in [0, 0.1) is 41.4 Å². The maximum absolute atomic E-state index is 15.6. The van der Waals surface area contributed by atoms with Crippen molar-refractivity contribution in [3.8, 4) is 0 Å². The van der Waals surface area contributed by atoms with Crippen LogP contribution in [0.15, 0.2) is 12.2 Å². The molecule has 26 nitrogen and oxygen atoms in total. The first-order chi connectivity index (χ1) is 50.6. The smallest absolute Gasteiger partial charge is 0.381 e. The first-order valence-corrected chi connectivity index (χ1v) is 38.8. The van der Waals surface area contributed by atoms with Crippen molar-refractivity contribution in [3.05, 3.63) is 12.2 Å². The van der Waals surface area contributed by atoms with Gasteiger partial charge in [-0.05, 0) is 139 Å². The Morgan fingerprint density at radius 3 is 1.83 bits per heavy atom. The van der Waals surface area contributed by atoms with Crippen LogP contribution >= 0.6 is 0 Å². The van der Waals surface area contributed by atoms with Crippen LogP contribution in [0.3, 0.4) is 0 Å². The summed E-state index contributed by atoms with van der Waals surface area (Å²) in [5.74, 6) is -14.7. The van der Waals surface area contributed by atoms with Crippen molar-refractivity contribution in [1.29, 1.82) is 0 Å². The molecule has 32 heteroatoms. The van der Waals surface area contributed by atoms with E-state index in [0.717, 1.165) is 19.6 Å². The van der Waals surface area contributed by atoms with Crippen LogP contribution in [0.2, 0.25) is 0 Å². The van der Waals surface area contributed by atoms with Crippen LogP contribution in [0.1, 0.15) is 183 Å². The number of halogens is 6. The molecule has 2 saturated heterocycles. The number of amides is 12. The van der Waals surface area contributed by atoms with Gasteiger partial charge >= 0.3 is 12.4 Å². The zero-order chi connectivity index (χ0) is 80.8. The molecule has 3 N–H and O–H groups in total. The Labute approximate surface area is 633 Å². The highest BCUT2D eigenvalue weighted by atomic mass is 19.4. The van der Waals surface area contributed by atoms with Crippen LogP contribution in [0.4, 0.5) is 26.3 Å². The largest absolute Gasteiger partial charge is 0.394 e. The van der Waals surface area contributed by atoms with E-state index >= 15 is 28.8 Å². The number of hydrogen-bond acceptors (Lipinski definition) is 14. The van der Waals surface area contributed by atoms with Crippen molar-refractivity contribution in [2.24, 2.45) is 41.4 Å². The molecule has 0 radical (unpaired) electrons. The Kier molecular flexibility index (Phi) is 32.6. The van der Waals surface area contributed by atoms with Crippen LogP contribution < -0.4 is 16.0 Å². The Bertz CT molecular complexity index is 3180.